The van der Waals surface area contributed by atoms with Gasteiger partial charge in [-0.1, -0.05) is 36.1 Å². The van der Waals surface area contributed by atoms with Crippen LogP contribution in [-0.2, 0) is 9.53 Å². The SMILES string of the molecule is C/C=C(\C)OC(=N)c1cccc(C#Cc2ccccc2)c1.CCOc1ccc(OC(C)(C)C(=O)O)cc1. The van der Waals surface area contributed by atoms with E-state index in [1.807, 2.05) is 81.4 Å². The van der Waals surface area contributed by atoms with E-state index in [4.69, 9.17) is 24.7 Å². The molecular formula is C31H33NO5. The van der Waals surface area contributed by atoms with Crippen LogP contribution in [0.2, 0.25) is 0 Å². The van der Waals surface area contributed by atoms with Crippen LogP contribution in [0, 0.1) is 17.3 Å². The Kier molecular flexibility index (Phi) is 11.0. The molecule has 0 aliphatic rings. The van der Waals surface area contributed by atoms with E-state index in [2.05, 4.69) is 11.8 Å². The molecule has 0 bridgehead atoms. The summed E-state index contributed by atoms with van der Waals surface area (Å²) in [5, 5.41) is 16.8. The number of carbonyl (C=O) groups is 1. The molecule has 0 saturated heterocycles. The highest BCUT2D eigenvalue weighted by molar-refractivity contribution is 5.92. The quantitative estimate of drug-likeness (QED) is 0.164. The largest absolute Gasteiger partial charge is 0.494 e. The molecule has 3 aromatic rings. The highest BCUT2D eigenvalue weighted by Gasteiger charge is 2.29. The molecule has 3 aromatic carbocycles. The number of rotatable bonds is 7. The average molecular weight is 500 g/mol. The summed E-state index contributed by atoms with van der Waals surface area (Å²) in [6.45, 7) is 9.22. The lowest BCUT2D eigenvalue weighted by Gasteiger charge is -2.21. The van der Waals surface area contributed by atoms with Crippen molar-refractivity contribution in [2.75, 3.05) is 6.61 Å². The van der Waals surface area contributed by atoms with E-state index in [0.29, 0.717) is 18.1 Å². The first-order valence-electron chi connectivity index (χ1n) is 11.9. The lowest BCUT2D eigenvalue weighted by atomic mass is 10.1. The lowest BCUT2D eigenvalue weighted by molar-refractivity contribution is -0.152. The highest BCUT2D eigenvalue weighted by atomic mass is 16.5. The fraction of sp³-hybridized carbons (Fsp3) is 0.226. The van der Waals surface area contributed by atoms with Crippen molar-refractivity contribution in [2.24, 2.45) is 0 Å². The van der Waals surface area contributed by atoms with Gasteiger partial charge in [-0.15, -0.1) is 0 Å². The molecule has 37 heavy (non-hydrogen) atoms. The van der Waals surface area contributed by atoms with Gasteiger partial charge in [0, 0.05) is 16.7 Å². The standard InChI is InChI=1S/C19H17NO.C12H16O4/c1-3-15(2)21-19(20)18-11-7-10-17(14-18)13-12-16-8-5-4-6-9-16;1-4-15-9-5-7-10(8-6-9)16-12(2,3)11(13)14/h3-11,14,20H,1-2H3;5-8H,4H2,1-3H3,(H,13,14)/b15-3+,20-19?;. The summed E-state index contributed by atoms with van der Waals surface area (Å²) in [4.78, 5) is 10.8. The molecule has 0 saturated carbocycles. The number of carboxylic acid groups (broad SMARTS) is 1. The zero-order valence-corrected chi connectivity index (χ0v) is 21.9. The Morgan fingerprint density at radius 1 is 0.946 bits per heavy atom. The monoisotopic (exact) mass is 499 g/mol. The first kappa shape index (κ1) is 28.7. The minimum atomic E-state index is -1.23. The van der Waals surface area contributed by atoms with Crippen LogP contribution < -0.4 is 9.47 Å². The fourth-order valence-corrected chi connectivity index (χ4v) is 2.79. The number of carboxylic acids is 1. The van der Waals surface area contributed by atoms with Crippen molar-refractivity contribution >= 4 is 11.9 Å². The van der Waals surface area contributed by atoms with Gasteiger partial charge in [0.2, 0.25) is 5.90 Å². The van der Waals surface area contributed by atoms with Crippen LogP contribution in [0.5, 0.6) is 11.5 Å². The number of nitrogens with one attached hydrogen (secondary N) is 1. The first-order valence-corrected chi connectivity index (χ1v) is 11.9. The second-order valence-electron chi connectivity index (χ2n) is 8.35. The Bertz CT molecular complexity index is 1270. The molecule has 0 aliphatic heterocycles. The highest BCUT2D eigenvalue weighted by Crippen LogP contribution is 2.22. The van der Waals surface area contributed by atoms with Gasteiger partial charge in [-0.3, -0.25) is 5.41 Å². The van der Waals surface area contributed by atoms with Crippen LogP contribution in [0.25, 0.3) is 0 Å². The summed E-state index contributed by atoms with van der Waals surface area (Å²) >= 11 is 0. The molecule has 0 unspecified atom stereocenters. The number of ether oxygens (including phenoxy) is 3. The molecule has 0 atom stereocenters. The van der Waals surface area contributed by atoms with Crippen molar-refractivity contribution in [3.63, 3.8) is 0 Å². The maximum absolute atomic E-state index is 10.8. The van der Waals surface area contributed by atoms with Crippen LogP contribution >= 0.6 is 0 Å². The Balaban J connectivity index is 0.000000271. The van der Waals surface area contributed by atoms with E-state index in [-0.39, 0.29) is 5.90 Å². The van der Waals surface area contributed by atoms with Gasteiger partial charge in [-0.2, -0.15) is 0 Å². The smallest absolute Gasteiger partial charge is 0.347 e. The lowest BCUT2D eigenvalue weighted by Crippen LogP contribution is -2.37. The molecule has 0 amide bonds. The Hall–Kier alpha value is -4.50. The van der Waals surface area contributed by atoms with Gasteiger partial charge in [0.15, 0.2) is 5.60 Å². The van der Waals surface area contributed by atoms with Gasteiger partial charge in [-0.05, 0) is 95.3 Å². The third kappa shape index (κ3) is 9.95. The first-order chi connectivity index (χ1) is 17.6. The molecule has 6 heteroatoms. The number of hydrogen-bond donors (Lipinski definition) is 2. The number of hydrogen-bond acceptors (Lipinski definition) is 5. The van der Waals surface area contributed by atoms with Crippen molar-refractivity contribution in [1.29, 1.82) is 5.41 Å². The van der Waals surface area contributed by atoms with Crippen LogP contribution in [0.4, 0.5) is 0 Å². The second-order valence-corrected chi connectivity index (χ2v) is 8.35. The van der Waals surface area contributed by atoms with Gasteiger partial charge in [0.1, 0.15) is 11.5 Å². The van der Waals surface area contributed by atoms with Gasteiger partial charge >= 0.3 is 5.97 Å². The van der Waals surface area contributed by atoms with Crippen LogP contribution in [0.3, 0.4) is 0 Å². The van der Waals surface area contributed by atoms with E-state index >= 15 is 0 Å². The molecule has 2 N–H and O–H groups in total. The van der Waals surface area contributed by atoms with Crippen LogP contribution in [0.1, 0.15) is 51.3 Å². The van der Waals surface area contributed by atoms with E-state index in [1.165, 1.54) is 13.8 Å². The second kappa shape index (κ2) is 14.2. The van der Waals surface area contributed by atoms with Gasteiger partial charge in [0.05, 0.1) is 12.4 Å². The summed E-state index contributed by atoms with van der Waals surface area (Å²) in [5.41, 5.74) is 1.32. The maximum Gasteiger partial charge on any atom is 0.347 e. The summed E-state index contributed by atoms with van der Waals surface area (Å²) in [7, 11) is 0. The normalized spacial score (nSPS) is 10.7. The summed E-state index contributed by atoms with van der Waals surface area (Å²) in [6, 6.07) is 24.2. The van der Waals surface area contributed by atoms with Crippen molar-refractivity contribution in [2.45, 2.75) is 40.2 Å². The molecule has 0 fully saturated rings. The minimum absolute atomic E-state index is 0.133. The van der Waals surface area contributed by atoms with E-state index in [9.17, 15) is 4.79 Å². The molecule has 0 heterocycles. The van der Waals surface area contributed by atoms with Crippen LogP contribution in [-0.4, -0.2) is 29.2 Å². The van der Waals surface area contributed by atoms with Crippen molar-refractivity contribution in [1.82, 2.24) is 0 Å². The van der Waals surface area contributed by atoms with Crippen molar-refractivity contribution in [3.05, 3.63) is 107 Å². The van der Waals surface area contributed by atoms with E-state index in [1.54, 1.807) is 24.3 Å². The fourth-order valence-electron chi connectivity index (χ4n) is 2.79. The summed E-state index contributed by atoms with van der Waals surface area (Å²) in [5.74, 6) is 7.31. The number of benzene rings is 3. The maximum atomic E-state index is 10.8. The van der Waals surface area contributed by atoms with Gasteiger partial charge in [-0.25, -0.2) is 4.79 Å². The van der Waals surface area contributed by atoms with Crippen LogP contribution in [0.15, 0.2) is 90.7 Å². The molecule has 6 nitrogen and oxygen atoms in total. The predicted molar refractivity (Wildman–Crippen MR) is 146 cm³/mol. The number of aliphatic carboxylic acids is 1. The molecule has 192 valence electrons. The van der Waals surface area contributed by atoms with E-state index < -0.39 is 11.6 Å². The molecule has 0 aromatic heterocycles. The average Bonchev–Trinajstić information content (AvgIpc) is 2.89. The third-order valence-electron chi connectivity index (χ3n) is 4.94. The van der Waals surface area contributed by atoms with Crippen molar-refractivity contribution < 1.29 is 24.1 Å². The topological polar surface area (TPSA) is 88.8 Å². The Morgan fingerprint density at radius 3 is 2.14 bits per heavy atom. The summed E-state index contributed by atoms with van der Waals surface area (Å²) in [6.07, 6.45) is 1.83. The molecule has 3 rings (SSSR count). The molecule has 0 aliphatic carbocycles. The van der Waals surface area contributed by atoms with Gasteiger partial charge < -0.3 is 19.3 Å². The third-order valence-corrected chi connectivity index (χ3v) is 4.94. The predicted octanol–water partition coefficient (Wildman–Crippen LogP) is 6.68. The molecule has 0 radical (unpaired) electrons. The zero-order chi connectivity index (χ0) is 27.3. The molecular weight excluding hydrogens is 466 g/mol. The summed E-state index contributed by atoms with van der Waals surface area (Å²) < 4.78 is 16.0. The number of allylic oxidation sites excluding steroid dienone is 2. The Labute approximate surface area is 219 Å². The zero-order valence-electron chi connectivity index (χ0n) is 21.9. The van der Waals surface area contributed by atoms with Crippen molar-refractivity contribution in [3.8, 4) is 23.3 Å². The van der Waals surface area contributed by atoms with E-state index in [0.717, 1.165) is 22.4 Å². The molecule has 0 spiro atoms. The van der Waals surface area contributed by atoms with Gasteiger partial charge in [0.25, 0.3) is 0 Å². The Morgan fingerprint density at radius 2 is 1.54 bits per heavy atom. The minimum Gasteiger partial charge on any atom is -0.494 e.